The summed E-state index contributed by atoms with van der Waals surface area (Å²) < 4.78 is 4.71. The van der Waals surface area contributed by atoms with E-state index in [0.29, 0.717) is 12.5 Å². The Morgan fingerprint density at radius 3 is 2.50 bits per heavy atom. The van der Waals surface area contributed by atoms with Crippen LogP contribution in [0.4, 0.5) is 0 Å². The smallest absolute Gasteiger partial charge is 0.384 e. The van der Waals surface area contributed by atoms with Gasteiger partial charge >= 0.3 is 5.97 Å². The summed E-state index contributed by atoms with van der Waals surface area (Å²) in [6.07, 6.45) is 2.20. The van der Waals surface area contributed by atoms with Crippen LogP contribution in [0, 0.1) is 23.7 Å². The van der Waals surface area contributed by atoms with Crippen molar-refractivity contribution in [1.29, 1.82) is 0 Å². The fourth-order valence-corrected chi connectivity index (χ4v) is 1.18. The standard InChI is InChI=1S/C12H20O2/c1-5-10(3)9-11(4)7-8-12(13)14-6-2/h10-11H,5-6,9H2,1-4H3/t10-,11+/m0/s1. The first-order valence-electron chi connectivity index (χ1n) is 5.28. The van der Waals surface area contributed by atoms with E-state index in [0.717, 1.165) is 12.8 Å². The molecule has 0 heterocycles. The Balaban J connectivity index is 3.90. The van der Waals surface area contributed by atoms with Gasteiger partial charge in [-0.1, -0.05) is 33.1 Å². The van der Waals surface area contributed by atoms with Crippen molar-refractivity contribution in [2.75, 3.05) is 6.61 Å². The molecule has 0 unspecified atom stereocenters. The van der Waals surface area contributed by atoms with Crippen LogP contribution in [0.2, 0.25) is 0 Å². The molecule has 2 heteroatoms. The summed E-state index contributed by atoms with van der Waals surface area (Å²) in [6, 6.07) is 0. The maximum absolute atomic E-state index is 10.9. The molecule has 2 atom stereocenters. The molecule has 14 heavy (non-hydrogen) atoms. The number of ether oxygens (including phenoxy) is 1. The predicted octanol–water partition coefficient (Wildman–Crippen LogP) is 2.63. The van der Waals surface area contributed by atoms with Gasteiger partial charge in [0.25, 0.3) is 0 Å². The van der Waals surface area contributed by atoms with Crippen molar-refractivity contribution in [2.45, 2.75) is 40.5 Å². The Bertz CT molecular complexity index is 222. The number of carbonyl (C=O) groups excluding carboxylic acids is 1. The Morgan fingerprint density at radius 1 is 1.36 bits per heavy atom. The van der Waals surface area contributed by atoms with Crippen LogP contribution in [-0.2, 0) is 9.53 Å². The molecule has 0 rings (SSSR count). The number of rotatable bonds is 4. The van der Waals surface area contributed by atoms with Crippen molar-refractivity contribution >= 4 is 5.97 Å². The van der Waals surface area contributed by atoms with E-state index in [9.17, 15) is 4.79 Å². The van der Waals surface area contributed by atoms with Crippen molar-refractivity contribution in [3.05, 3.63) is 0 Å². The second-order valence-corrected chi connectivity index (χ2v) is 3.64. The molecule has 0 aliphatic carbocycles. The summed E-state index contributed by atoms with van der Waals surface area (Å²) in [7, 11) is 0. The number of hydrogen-bond donors (Lipinski definition) is 0. The lowest BCUT2D eigenvalue weighted by molar-refractivity contribution is -0.136. The van der Waals surface area contributed by atoms with E-state index in [2.05, 4.69) is 25.7 Å². The Hall–Kier alpha value is -0.970. The zero-order valence-corrected chi connectivity index (χ0v) is 9.59. The first-order chi connectivity index (χ1) is 6.60. The first kappa shape index (κ1) is 13.0. The van der Waals surface area contributed by atoms with E-state index in [1.807, 2.05) is 6.92 Å². The van der Waals surface area contributed by atoms with E-state index in [1.54, 1.807) is 6.92 Å². The minimum Gasteiger partial charge on any atom is -0.456 e. The van der Waals surface area contributed by atoms with Gasteiger partial charge in [-0.25, -0.2) is 4.79 Å². The number of carbonyl (C=O) groups is 1. The van der Waals surface area contributed by atoms with Gasteiger partial charge in [0.05, 0.1) is 6.61 Å². The predicted molar refractivity (Wildman–Crippen MR) is 57.6 cm³/mol. The van der Waals surface area contributed by atoms with Gasteiger partial charge in [-0.2, -0.15) is 0 Å². The monoisotopic (exact) mass is 196 g/mol. The minimum absolute atomic E-state index is 0.273. The Kier molecular flexibility index (Phi) is 6.92. The average Bonchev–Trinajstić information content (AvgIpc) is 2.15. The topological polar surface area (TPSA) is 26.3 Å². The number of hydrogen-bond acceptors (Lipinski definition) is 2. The summed E-state index contributed by atoms with van der Waals surface area (Å²) in [5, 5.41) is 0. The lowest BCUT2D eigenvalue weighted by Crippen LogP contribution is -2.03. The molecular weight excluding hydrogens is 176 g/mol. The van der Waals surface area contributed by atoms with Gasteiger partial charge in [0.15, 0.2) is 0 Å². The molecule has 0 radical (unpaired) electrons. The lowest BCUT2D eigenvalue weighted by Gasteiger charge is -2.09. The highest BCUT2D eigenvalue weighted by Crippen LogP contribution is 2.13. The highest BCUT2D eigenvalue weighted by atomic mass is 16.5. The molecule has 0 N–H and O–H groups in total. The third-order valence-electron chi connectivity index (χ3n) is 2.15. The van der Waals surface area contributed by atoms with Crippen LogP contribution < -0.4 is 0 Å². The largest absolute Gasteiger partial charge is 0.456 e. The van der Waals surface area contributed by atoms with Crippen molar-refractivity contribution in [3.63, 3.8) is 0 Å². The van der Waals surface area contributed by atoms with Crippen LogP contribution in [-0.4, -0.2) is 12.6 Å². The summed E-state index contributed by atoms with van der Waals surface area (Å²) in [5.41, 5.74) is 0. The van der Waals surface area contributed by atoms with Gasteiger partial charge in [0, 0.05) is 11.8 Å². The molecule has 0 aromatic rings. The Morgan fingerprint density at radius 2 is 2.00 bits per heavy atom. The molecule has 2 nitrogen and oxygen atoms in total. The zero-order chi connectivity index (χ0) is 11.0. The third kappa shape index (κ3) is 6.54. The fraction of sp³-hybridized carbons (Fsp3) is 0.750. The van der Waals surface area contributed by atoms with Gasteiger partial charge in [0.1, 0.15) is 0 Å². The molecule has 0 aromatic carbocycles. The second-order valence-electron chi connectivity index (χ2n) is 3.64. The molecule has 0 saturated heterocycles. The average molecular weight is 196 g/mol. The van der Waals surface area contributed by atoms with E-state index in [4.69, 9.17) is 4.74 Å². The minimum atomic E-state index is -0.413. The molecule has 0 spiro atoms. The number of esters is 1. The van der Waals surface area contributed by atoms with Crippen molar-refractivity contribution in [1.82, 2.24) is 0 Å². The zero-order valence-electron chi connectivity index (χ0n) is 9.59. The van der Waals surface area contributed by atoms with Gasteiger partial charge in [0.2, 0.25) is 0 Å². The van der Waals surface area contributed by atoms with E-state index in [1.165, 1.54) is 0 Å². The third-order valence-corrected chi connectivity index (χ3v) is 2.15. The van der Waals surface area contributed by atoms with Crippen LogP contribution >= 0.6 is 0 Å². The van der Waals surface area contributed by atoms with E-state index < -0.39 is 5.97 Å². The highest BCUT2D eigenvalue weighted by molar-refractivity contribution is 5.88. The van der Waals surface area contributed by atoms with Crippen LogP contribution in [0.5, 0.6) is 0 Å². The second kappa shape index (κ2) is 7.44. The molecule has 0 amide bonds. The van der Waals surface area contributed by atoms with E-state index >= 15 is 0 Å². The molecule has 0 fully saturated rings. The summed E-state index contributed by atoms with van der Waals surface area (Å²) >= 11 is 0. The van der Waals surface area contributed by atoms with Crippen LogP contribution in [0.3, 0.4) is 0 Å². The van der Waals surface area contributed by atoms with Crippen LogP contribution in [0.15, 0.2) is 0 Å². The molecule has 0 aromatic heterocycles. The van der Waals surface area contributed by atoms with Gasteiger partial charge in [-0.05, 0) is 19.3 Å². The fourth-order valence-electron chi connectivity index (χ4n) is 1.18. The van der Waals surface area contributed by atoms with Gasteiger partial charge < -0.3 is 4.74 Å². The van der Waals surface area contributed by atoms with Gasteiger partial charge in [-0.15, -0.1) is 0 Å². The molecule has 0 saturated carbocycles. The van der Waals surface area contributed by atoms with Crippen LogP contribution in [0.25, 0.3) is 0 Å². The summed E-state index contributed by atoms with van der Waals surface area (Å²) in [6.45, 7) is 8.58. The maximum Gasteiger partial charge on any atom is 0.384 e. The summed E-state index contributed by atoms with van der Waals surface area (Å²) in [4.78, 5) is 10.9. The van der Waals surface area contributed by atoms with Gasteiger partial charge in [-0.3, -0.25) is 0 Å². The molecule has 0 aliphatic rings. The lowest BCUT2D eigenvalue weighted by atomic mass is 9.96. The Labute approximate surface area is 87.0 Å². The molecular formula is C12H20O2. The molecule has 0 aliphatic heterocycles. The van der Waals surface area contributed by atoms with Crippen molar-refractivity contribution in [2.24, 2.45) is 11.8 Å². The molecule has 0 bridgehead atoms. The van der Waals surface area contributed by atoms with E-state index in [-0.39, 0.29) is 5.92 Å². The van der Waals surface area contributed by atoms with Crippen molar-refractivity contribution < 1.29 is 9.53 Å². The normalized spacial score (nSPS) is 13.7. The first-order valence-corrected chi connectivity index (χ1v) is 5.28. The summed E-state index contributed by atoms with van der Waals surface area (Å²) in [5.74, 6) is 5.94. The SMILES string of the molecule is CCOC(=O)C#C[C@@H](C)C[C@@H](C)CC. The maximum atomic E-state index is 10.9. The quantitative estimate of drug-likeness (QED) is 0.392. The van der Waals surface area contributed by atoms with Crippen LogP contribution in [0.1, 0.15) is 40.5 Å². The molecule has 80 valence electrons. The highest BCUT2D eigenvalue weighted by Gasteiger charge is 2.04. The van der Waals surface area contributed by atoms with Crippen molar-refractivity contribution in [3.8, 4) is 11.8 Å².